The van der Waals surface area contributed by atoms with E-state index in [1.54, 1.807) is 34.1 Å². The normalized spacial score (nSPS) is 17.5. The van der Waals surface area contributed by atoms with E-state index in [0.717, 1.165) is 42.8 Å². The summed E-state index contributed by atoms with van der Waals surface area (Å²) >= 11 is 0. The summed E-state index contributed by atoms with van der Waals surface area (Å²) in [6, 6.07) is 5.61. The summed E-state index contributed by atoms with van der Waals surface area (Å²) in [5.74, 6) is 1.88. The molecule has 2 aromatic rings. The Morgan fingerprint density at radius 3 is 2.32 bits per heavy atom. The Balaban J connectivity index is 1.79. The molecule has 1 aliphatic rings. The van der Waals surface area contributed by atoms with Gasteiger partial charge in [-0.3, -0.25) is 5.32 Å². The van der Waals surface area contributed by atoms with Gasteiger partial charge in [0.25, 0.3) is 0 Å². The van der Waals surface area contributed by atoms with Crippen LogP contribution in [0.3, 0.4) is 0 Å². The fourth-order valence-corrected chi connectivity index (χ4v) is 4.60. The van der Waals surface area contributed by atoms with Crippen LogP contribution in [0.2, 0.25) is 0 Å². The number of carbonyl (C=O) groups excluding carboxylic acids is 2. The Morgan fingerprint density at radius 1 is 1.03 bits per heavy atom. The lowest BCUT2D eigenvalue weighted by atomic mass is 9.85. The van der Waals surface area contributed by atoms with Gasteiger partial charge in [0.15, 0.2) is 0 Å². The maximum absolute atomic E-state index is 12.0. The largest absolute Gasteiger partial charge is 0.496 e. The number of ether oxygens (including phenoxy) is 4. The van der Waals surface area contributed by atoms with Gasteiger partial charge in [0.1, 0.15) is 11.6 Å². The Morgan fingerprint density at radius 2 is 1.70 bits per heavy atom. The van der Waals surface area contributed by atoms with E-state index >= 15 is 0 Å². The van der Waals surface area contributed by atoms with Crippen LogP contribution < -0.4 is 15.4 Å². The second-order valence-electron chi connectivity index (χ2n) is 9.79. The number of alkyl carbamates (subject to hydrolysis) is 1. The molecule has 1 aromatic carbocycles. The minimum atomic E-state index is -0.514. The van der Waals surface area contributed by atoms with Crippen molar-refractivity contribution in [1.29, 1.82) is 0 Å². The van der Waals surface area contributed by atoms with E-state index < -0.39 is 6.09 Å². The molecule has 0 bridgehead atoms. The lowest BCUT2D eigenvalue weighted by Gasteiger charge is -2.29. The van der Waals surface area contributed by atoms with E-state index in [0.29, 0.717) is 24.6 Å². The van der Waals surface area contributed by atoms with Crippen LogP contribution in [0.4, 0.5) is 15.3 Å². The summed E-state index contributed by atoms with van der Waals surface area (Å²) in [5, 5.41) is 5.72. The second-order valence-corrected chi connectivity index (χ2v) is 9.79. The summed E-state index contributed by atoms with van der Waals surface area (Å²) in [7, 11) is 3.28. The first kappa shape index (κ1) is 28.3. The van der Waals surface area contributed by atoms with E-state index in [1.165, 1.54) is 0 Å². The van der Waals surface area contributed by atoms with Crippen molar-refractivity contribution >= 4 is 17.9 Å². The predicted molar refractivity (Wildman–Crippen MR) is 141 cm³/mol. The van der Waals surface area contributed by atoms with E-state index in [-0.39, 0.29) is 30.3 Å². The van der Waals surface area contributed by atoms with Gasteiger partial charge in [-0.1, -0.05) is 0 Å². The van der Waals surface area contributed by atoms with Gasteiger partial charge < -0.3 is 28.8 Å². The van der Waals surface area contributed by atoms with Gasteiger partial charge in [0.2, 0.25) is 0 Å². The van der Waals surface area contributed by atoms with E-state index in [9.17, 15) is 9.59 Å². The molecular formula is C27H40N4O6. The summed E-state index contributed by atoms with van der Waals surface area (Å²) < 4.78 is 23.7. The van der Waals surface area contributed by atoms with Gasteiger partial charge in [-0.05, 0) is 65.5 Å². The standard InChI is InChI=1S/C27H40N4O6/c1-17(2)36-26(32)29-20-9-7-19(8-10-20)25-28-16-23(31(25)13-14-34-5)22-12-11-21(15-24(22)35-6)30-27(33)37-18(3)4/h11-12,15-20H,7-10,13-14H2,1-6H3,(H,29,32)(H,30,33). The first-order valence-electron chi connectivity index (χ1n) is 12.9. The Bertz CT molecular complexity index is 1040. The van der Waals surface area contributed by atoms with Crippen molar-refractivity contribution in [3.05, 3.63) is 30.2 Å². The lowest BCUT2D eigenvalue weighted by molar-refractivity contribution is 0.109. The quantitative estimate of drug-likeness (QED) is 0.439. The molecule has 1 aliphatic carbocycles. The van der Waals surface area contributed by atoms with Gasteiger partial charge in [-0.25, -0.2) is 14.6 Å². The van der Waals surface area contributed by atoms with Crippen molar-refractivity contribution in [3.63, 3.8) is 0 Å². The zero-order chi connectivity index (χ0) is 26.9. The van der Waals surface area contributed by atoms with Crippen LogP contribution in [0.25, 0.3) is 11.3 Å². The third kappa shape index (κ3) is 7.85. The molecule has 0 saturated heterocycles. The fraction of sp³-hybridized carbons (Fsp3) is 0.593. The molecule has 1 heterocycles. The number of rotatable bonds is 10. The number of anilines is 1. The number of nitrogens with zero attached hydrogens (tertiary/aromatic N) is 2. The number of aromatic nitrogens is 2. The van der Waals surface area contributed by atoms with Crippen LogP contribution in [0.1, 0.15) is 65.1 Å². The smallest absolute Gasteiger partial charge is 0.411 e. The van der Waals surface area contributed by atoms with Crippen molar-refractivity contribution < 1.29 is 28.5 Å². The second kappa shape index (κ2) is 13.3. The van der Waals surface area contributed by atoms with E-state index in [2.05, 4.69) is 15.2 Å². The van der Waals surface area contributed by atoms with Crippen molar-refractivity contribution in [1.82, 2.24) is 14.9 Å². The minimum absolute atomic E-state index is 0.104. The number of benzene rings is 1. The highest BCUT2D eigenvalue weighted by Crippen LogP contribution is 2.37. The first-order chi connectivity index (χ1) is 17.7. The maximum Gasteiger partial charge on any atom is 0.411 e. The molecule has 1 saturated carbocycles. The minimum Gasteiger partial charge on any atom is -0.496 e. The number of methoxy groups -OCH3 is 2. The average molecular weight is 517 g/mol. The Hall–Kier alpha value is -3.27. The molecule has 0 aliphatic heterocycles. The lowest BCUT2D eigenvalue weighted by Crippen LogP contribution is -2.38. The maximum atomic E-state index is 12.0. The van der Waals surface area contributed by atoms with Gasteiger partial charge in [0.05, 0.1) is 37.8 Å². The topological polar surface area (TPSA) is 113 Å². The molecule has 10 nitrogen and oxygen atoms in total. The summed E-state index contributed by atoms with van der Waals surface area (Å²) in [6.45, 7) is 8.46. The summed E-state index contributed by atoms with van der Waals surface area (Å²) in [6.07, 6.45) is 4.19. The summed E-state index contributed by atoms with van der Waals surface area (Å²) in [5.41, 5.74) is 2.36. The van der Waals surface area contributed by atoms with Crippen molar-refractivity contribution in [2.24, 2.45) is 0 Å². The Kier molecular flexibility index (Phi) is 10.2. The molecule has 2 N–H and O–H groups in total. The van der Waals surface area contributed by atoms with E-state index in [4.69, 9.17) is 23.9 Å². The van der Waals surface area contributed by atoms with Crippen molar-refractivity contribution in [2.75, 3.05) is 26.1 Å². The number of hydrogen-bond donors (Lipinski definition) is 2. The zero-order valence-electron chi connectivity index (χ0n) is 22.7. The average Bonchev–Trinajstić information content (AvgIpc) is 3.25. The Labute approximate surface area is 219 Å². The highest BCUT2D eigenvalue weighted by atomic mass is 16.6. The molecule has 3 rings (SSSR count). The highest BCUT2D eigenvalue weighted by Gasteiger charge is 2.28. The van der Waals surface area contributed by atoms with E-state index in [1.807, 2.05) is 32.2 Å². The third-order valence-electron chi connectivity index (χ3n) is 6.23. The van der Waals surface area contributed by atoms with Crippen LogP contribution in [0.15, 0.2) is 24.4 Å². The number of hydrogen-bond acceptors (Lipinski definition) is 7. The van der Waals surface area contributed by atoms with Crippen LogP contribution in [0.5, 0.6) is 5.75 Å². The monoisotopic (exact) mass is 516 g/mol. The van der Waals surface area contributed by atoms with Gasteiger partial charge in [-0.2, -0.15) is 0 Å². The van der Waals surface area contributed by atoms with Crippen LogP contribution >= 0.6 is 0 Å². The molecule has 2 amide bonds. The number of carbonyl (C=O) groups is 2. The molecule has 37 heavy (non-hydrogen) atoms. The fourth-order valence-electron chi connectivity index (χ4n) is 4.60. The molecule has 0 radical (unpaired) electrons. The van der Waals surface area contributed by atoms with Gasteiger partial charge >= 0.3 is 12.2 Å². The summed E-state index contributed by atoms with van der Waals surface area (Å²) in [4.78, 5) is 28.8. The molecule has 0 unspecified atom stereocenters. The molecule has 10 heteroatoms. The molecule has 0 atom stereocenters. The predicted octanol–water partition coefficient (Wildman–Crippen LogP) is 5.32. The first-order valence-corrected chi connectivity index (χ1v) is 12.9. The molecule has 1 fully saturated rings. The van der Waals surface area contributed by atoms with Gasteiger partial charge in [0, 0.05) is 42.9 Å². The highest BCUT2D eigenvalue weighted by molar-refractivity contribution is 5.86. The SMILES string of the molecule is COCCn1c(-c2ccc(NC(=O)OC(C)C)cc2OC)cnc1C1CCC(NC(=O)OC(C)C)CC1. The molecule has 0 spiro atoms. The van der Waals surface area contributed by atoms with Crippen molar-refractivity contribution in [2.45, 2.75) is 84.1 Å². The van der Waals surface area contributed by atoms with Crippen molar-refractivity contribution in [3.8, 4) is 17.0 Å². The van der Waals surface area contributed by atoms with Crippen LogP contribution in [0, 0.1) is 0 Å². The van der Waals surface area contributed by atoms with Crippen LogP contribution in [-0.2, 0) is 20.8 Å². The van der Waals surface area contributed by atoms with Crippen LogP contribution in [-0.4, -0.2) is 60.8 Å². The number of amides is 2. The number of imidazole rings is 1. The zero-order valence-corrected chi connectivity index (χ0v) is 22.7. The third-order valence-corrected chi connectivity index (χ3v) is 6.23. The number of nitrogens with one attached hydrogen (secondary N) is 2. The molecule has 1 aromatic heterocycles. The molecular weight excluding hydrogens is 476 g/mol. The molecule has 204 valence electrons. The van der Waals surface area contributed by atoms with Gasteiger partial charge in [-0.15, -0.1) is 0 Å².